The van der Waals surface area contributed by atoms with Gasteiger partial charge in [-0.1, -0.05) is 22.7 Å². The third kappa shape index (κ3) is 5.05. The van der Waals surface area contributed by atoms with Gasteiger partial charge in [0.25, 0.3) is 11.8 Å². The molecule has 7 nitrogen and oxygen atoms in total. The van der Waals surface area contributed by atoms with Crippen molar-refractivity contribution < 1.29 is 18.4 Å². The molecule has 0 saturated carbocycles. The number of hydrogen-bond acceptors (Lipinski definition) is 6. The molecule has 0 unspecified atom stereocenters. The van der Waals surface area contributed by atoms with Crippen molar-refractivity contribution in [2.24, 2.45) is 0 Å². The van der Waals surface area contributed by atoms with E-state index < -0.39 is 29.2 Å². The third-order valence-corrected chi connectivity index (χ3v) is 4.51. The molecule has 0 aliphatic rings. The molecule has 0 spiro atoms. The van der Waals surface area contributed by atoms with Gasteiger partial charge in [0, 0.05) is 16.5 Å². The van der Waals surface area contributed by atoms with E-state index in [2.05, 4.69) is 14.9 Å². The highest BCUT2D eigenvalue weighted by Gasteiger charge is 2.36. The molecule has 152 valence electrons. The highest BCUT2D eigenvalue weighted by atomic mass is 32.1. The average molecular weight is 416 g/mol. The van der Waals surface area contributed by atoms with E-state index in [4.69, 9.17) is 4.42 Å². The number of rotatable bonds is 6. The van der Waals surface area contributed by atoms with Gasteiger partial charge in [-0.15, -0.1) is 5.10 Å². The molecule has 3 rings (SSSR count). The molecule has 2 amide bonds. The molecule has 0 bridgehead atoms. The Balaban J connectivity index is 2.05. The van der Waals surface area contributed by atoms with Crippen LogP contribution in [0.3, 0.4) is 0 Å². The first-order valence-electron chi connectivity index (χ1n) is 8.93. The van der Waals surface area contributed by atoms with E-state index in [-0.39, 0.29) is 23.6 Å². The van der Waals surface area contributed by atoms with Gasteiger partial charge in [0.05, 0.1) is 12.8 Å². The van der Waals surface area contributed by atoms with Crippen molar-refractivity contribution in [3.63, 3.8) is 0 Å². The van der Waals surface area contributed by atoms with Gasteiger partial charge in [0.2, 0.25) is 0 Å². The maximum Gasteiger partial charge on any atom is 0.276 e. The summed E-state index contributed by atoms with van der Waals surface area (Å²) in [6.45, 7) is 5.35. The van der Waals surface area contributed by atoms with Gasteiger partial charge in [-0.3, -0.25) is 9.59 Å². The number of nitrogens with one attached hydrogen (secondary N) is 1. The predicted molar refractivity (Wildman–Crippen MR) is 106 cm³/mol. The van der Waals surface area contributed by atoms with Crippen molar-refractivity contribution in [3.8, 4) is 0 Å². The van der Waals surface area contributed by atoms with Crippen molar-refractivity contribution in [2.45, 2.75) is 38.9 Å². The Morgan fingerprint density at radius 2 is 2.00 bits per heavy atom. The van der Waals surface area contributed by atoms with Crippen LogP contribution in [0.5, 0.6) is 0 Å². The third-order valence-electron chi connectivity index (χ3n) is 4.01. The van der Waals surface area contributed by atoms with E-state index in [1.54, 1.807) is 30.3 Å². The fourth-order valence-electron chi connectivity index (χ4n) is 2.80. The second-order valence-corrected chi connectivity index (χ2v) is 8.08. The van der Waals surface area contributed by atoms with Crippen molar-refractivity contribution in [3.05, 3.63) is 70.9 Å². The highest BCUT2D eigenvalue weighted by Crippen LogP contribution is 2.27. The number of carbonyl (C=O) groups is 2. The monoisotopic (exact) mass is 416 g/mol. The second-order valence-electron chi connectivity index (χ2n) is 7.47. The second kappa shape index (κ2) is 8.52. The van der Waals surface area contributed by atoms with Gasteiger partial charge in [-0.25, -0.2) is 4.39 Å². The molecule has 2 aromatic heterocycles. The van der Waals surface area contributed by atoms with Crippen molar-refractivity contribution in [2.75, 3.05) is 0 Å². The molecule has 1 atom stereocenters. The number of nitrogens with zero attached hydrogens (tertiary/aromatic N) is 3. The van der Waals surface area contributed by atoms with Crippen molar-refractivity contribution >= 4 is 23.3 Å². The SMILES string of the molecule is CC(C)(C)NC(=O)[C@H](c1ccco1)N(Cc1ccccc1F)C(=O)c1csnn1. The van der Waals surface area contributed by atoms with E-state index in [0.717, 1.165) is 11.5 Å². The summed E-state index contributed by atoms with van der Waals surface area (Å²) in [6, 6.07) is 8.22. The topological polar surface area (TPSA) is 88.3 Å². The van der Waals surface area contributed by atoms with Crippen LogP contribution in [0.4, 0.5) is 4.39 Å². The van der Waals surface area contributed by atoms with Crippen LogP contribution in [-0.2, 0) is 11.3 Å². The van der Waals surface area contributed by atoms with E-state index >= 15 is 0 Å². The molecule has 0 saturated heterocycles. The van der Waals surface area contributed by atoms with Crippen LogP contribution >= 0.6 is 11.5 Å². The summed E-state index contributed by atoms with van der Waals surface area (Å²) < 4.78 is 23.5. The molecule has 3 aromatic rings. The predicted octanol–water partition coefficient (Wildman–Crippen LogP) is 3.57. The Morgan fingerprint density at radius 3 is 2.59 bits per heavy atom. The summed E-state index contributed by atoms with van der Waals surface area (Å²) in [7, 11) is 0. The quantitative estimate of drug-likeness (QED) is 0.664. The maximum absolute atomic E-state index is 14.3. The molecule has 1 aromatic carbocycles. The van der Waals surface area contributed by atoms with E-state index in [0.29, 0.717) is 0 Å². The lowest BCUT2D eigenvalue weighted by Gasteiger charge is -2.32. The van der Waals surface area contributed by atoms with Gasteiger partial charge < -0.3 is 14.6 Å². The smallest absolute Gasteiger partial charge is 0.276 e. The largest absolute Gasteiger partial charge is 0.467 e. The molecule has 29 heavy (non-hydrogen) atoms. The molecule has 0 radical (unpaired) electrons. The zero-order chi connectivity index (χ0) is 21.0. The summed E-state index contributed by atoms with van der Waals surface area (Å²) in [5.74, 6) is -1.21. The number of aromatic nitrogens is 2. The lowest BCUT2D eigenvalue weighted by Crippen LogP contribution is -2.49. The van der Waals surface area contributed by atoms with Crippen LogP contribution in [0.25, 0.3) is 0 Å². The number of halogens is 1. The van der Waals surface area contributed by atoms with Crippen molar-refractivity contribution in [1.82, 2.24) is 19.8 Å². The first-order chi connectivity index (χ1) is 13.8. The molecular formula is C20H21FN4O3S. The number of carbonyl (C=O) groups excluding carboxylic acids is 2. The van der Waals surface area contributed by atoms with Crippen LogP contribution in [0.1, 0.15) is 48.6 Å². The highest BCUT2D eigenvalue weighted by molar-refractivity contribution is 7.03. The molecule has 2 heterocycles. The van der Waals surface area contributed by atoms with Gasteiger partial charge in [-0.2, -0.15) is 0 Å². The normalized spacial score (nSPS) is 12.4. The molecular weight excluding hydrogens is 395 g/mol. The average Bonchev–Trinajstić information content (AvgIpc) is 3.35. The molecule has 0 fully saturated rings. The minimum atomic E-state index is -1.11. The summed E-state index contributed by atoms with van der Waals surface area (Å²) in [5.41, 5.74) is -0.202. The summed E-state index contributed by atoms with van der Waals surface area (Å²) in [5, 5.41) is 8.17. The van der Waals surface area contributed by atoms with Gasteiger partial charge >= 0.3 is 0 Å². The summed E-state index contributed by atoms with van der Waals surface area (Å²) in [6.07, 6.45) is 1.42. The Labute approximate surface area is 171 Å². The summed E-state index contributed by atoms with van der Waals surface area (Å²) in [4.78, 5) is 27.6. The minimum Gasteiger partial charge on any atom is -0.467 e. The van der Waals surface area contributed by atoms with Crippen LogP contribution < -0.4 is 5.32 Å². The lowest BCUT2D eigenvalue weighted by atomic mass is 10.0. The van der Waals surface area contributed by atoms with E-state index in [9.17, 15) is 14.0 Å². The fraction of sp³-hybridized carbons (Fsp3) is 0.300. The first-order valence-corrected chi connectivity index (χ1v) is 9.77. The molecule has 0 aliphatic carbocycles. The zero-order valence-electron chi connectivity index (χ0n) is 16.3. The number of amides is 2. The Bertz CT molecular complexity index is 968. The van der Waals surface area contributed by atoms with Crippen LogP contribution in [0.2, 0.25) is 0 Å². The Morgan fingerprint density at radius 1 is 1.24 bits per heavy atom. The van der Waals surface area contributed by atoms with Crippen molar-refractivity contribution in [1.29, 1.82) is 0 Å². The summed E-state index contributed by atoms with van der Waals surface area (Å²) >= 11 is 1.02. The lowest BCUT2D eigenvalue weighted by molar-refractivity contribution is -0.128. The van der Waals surface area contributed by atoms with E-state index in [1.165, 1.54) is 22.6 Å². The maximum atomic E-state index is 14.3. The Kier molecular flexibility index (Phi) is 6.07. The van der Waals surface area contributed by atoms with Gasteiger partial charge in [0.1, 0.15) is 11.6 Å². The molecule has 0 aliphatic heterocycles. The number of hydrogen-bond donors (Lipinski definition) is 1. The minimum absolute atomic E-state index is 0.0754. The molecule has 1 N–H and O–H groups in total. The zero-order valence-corrected chi connectivity index (χ0v) is 17.1. The van der Waals surface area contributed by atoms with Crippen LogP contribution in [0, 0.1) is 5.82 Å². The number of furan rings is 1. The van der Waals surface area contributed by atoms with Crippen LogP contribution in [-0.4, -0.2) is 31.8 Å². The van der Waals surface area contributed by atoms with Gasteiger partial charge in [0.15, 0.2) is 11.7 Å². The number of benzene rings is 1. The van der Waals surface area contributed by atoms with Gasteiger partial charge in [-0.05, 0) is 50.5 Å². The standard InChI is InChI=1S/C20H21FN4O3S/c1-20(2,3)22-18(26)17(16-9-6-10-28-16)25(19(27)15-12-29-24-23-15)11-13-7-4-5-8-14(13)21/h4-10,12,17H,11H2,1-3H3,(H,22,26)/t17-/m0/s1. The van der Waals surface area contributed by atoms with Crippen LogP contribution in [0.15, 0.2) is 52.5 Å². The molecule has 9 heteroatoms. The Hall–Kier alpha value is -3.07. The fourth-order valence-corrected chi connectivity index (χ4v) is 3.23. The van der Waals surface area contributed by atoms with E-state index in [1.807, 2.05) is 20.8 Å². The first kappa shape index (κ1) is 20.7.